The van der Waals surface area contributed by atoms with E-state index in [9.17, 15) is 0 Å². The summed E-state index contributed by atoms with van der Waals surface area (Å²) in [5.41, 5.74) is 0.311. The Kier molecular flexibility index (Phi) is 3.88. The molecular formula is C16H24N4S. The van der Waals surface area contributed by atoms with Gasteiger partial charge >= 0.3 is 0 Å². The van der Waals surface area contributed by atoms with Gasteiger partial charge in [-0.1, -0.05) is 6.92 Å². The lowest BCUT2D eigenvalue weighted by atomic mass is 9.88. The molecule has 0 N–H and O–H groups in total. The minimum Gasteiger partial charge on any atom is -0.356 e. The first-order chi connectivity index (χ1) is 10.0. The monoisotopic (exact) mass is 304 g/mol. The van der Waals surface area contributed by atoms with Crippen LogP contribution in [0.3, 0.4) is 0 Å². The van der Waals surface area contributed by atoms with Gasteiger partial charge in [0.05, 0.1) is 5.39 Å². The molecule has 2 aromatic heterocycles. The van der Waals surface area contributed by atoms with Gasteiger partial charge in [-0.05, 0) is 46.3 Å². The van der Waals surface area contributed by atoms with Crippen LogP contribution >= 0.6 is 11.3 Å². The first kappa shape index (κ1) is 14.7. The van der Waals surface area contributed by atoms with Gasteiger partial charge in [0.1, 0.15) is 17.0 Å². The number of rotatable bonds is 3. The molecule has 0 spiro atoms. The Hall–Kier alpha value is -1.20. The zero-order valence-electron chi connectivity index (χ0n) is 13.4. The Morgan fingerprint density at radius 3 is 2.62 bits per heavy atom. The van der Waals surface area contributed by atoms with Crippen LogP contribution in [0.15, 0.2) is 12.4 Å². The van der Waals surface area contributed by atoms with Crippen molar-refractivity contribution in [3.05, 3.63) is 17.3 Å². The summed E-state index contributed by atoms with van der Waals surface area (Å²) in [6.07, 6.45) is 5.14. The highest BCUT2D eigenvalue weighted by molar-refractivity contribution is 7.18. The van der Waals surface area contributed by atoms with E-state index in [1.807, 2.05) is 0 Å². The predicted octanol–water partition coefficient (Wildman–Crippen LogP) is 3.17. The SMILES string of the molecule is CCc1cc2c(N3CCC(C)(N(C)C)CC3)ncnc2s1. The van der Waals surface area contributed by atoms with Gasteiger partial charge in [0.25, 0.3) is 0 Å². The van der Waals surface area contributed by atoms with E-state index in [0.29, 0.717) is 5.54 Å². The van der Waals surface area contributed by atoms with Gasteiger partial charge in [-0.25, -0.2) is 9.97 Å². The molecule has 0 bridgehead atoms. The lowest BCUT2D eigenvalue weighted by Crippen LogP contribution is -2.50. The van der Waals surface area contributed by atoms with Crippen LogP contribution in [0.2, 0.25) is 0 Å². The van der Waals surface area contributed by atoms with Gasteiger partial charge < -0.3 is 9.80 Å². The summed E-state index contributed by atoms with van der Waals surface area (Å²) >= 11 is 1.79. The number of anilines is 1. The van der Waals surface area contributed by atoms with Gasteiger partial charge in [0, 0.05) is 23.5 Å². The fourth-order valence-corrected chi connectivity index (χ4v) is 3.90. The summed E-state index contributed by atoms with van der Waals surface area (Å²) in [5, 5.41) is 1.23. The second-order valence-electron chi connectivity index (χ2n) is 6.36. The third kappa shape index (κ3) is 2.64. The van der Waals surface area contributed by atoms with Crippen LogP contribution in [0, 0.1) is 0 Å². The van der Waals surface area contributed by atoms with E-state index >= 15 is 0 Å². The molecule has 1 aliphatic heterocycles. The van der Waals surface area contributed by atoms with Gasteiger partial charge in [-0.2, -0.15) is 0 Å². The molecule has 1 aliphatic rings. The van der Waals surface area contributed by atoms with Crippen LogP contribution in [0.4, 0.5) is 5.82 Å². The molecule has 0 amide bonds. The summed E-state index contributed by atoms with van der Waals surface area (Å²) in [6, 6.07) is 2.27. The van der Waals surface area contributed by atoms with E-state index < -0.39 is 0 Å². The molecule has 3 rings (SSSR count). The average molecular weight is 304 g/mol. The molecule has 2 aromatic rings. The van der Waals surface area contributed by atoms with Crippen molar-refractivity contribution in [1.29, 1.82) is 0 Å². The Balaban J connectivity index is 1.87. The molecule has 0 unspecified atom stereocenters. The maximum absolute atomic E-state index is 4.58. The third-order valence-electron chi connectivity index (χ3n) is 4.93. The molecule has 0 aromatic carbocycles. The summed E-state index contributed by atoms with van der Waals surface area (Å²) in [4.78, 5) is 16.3. The second-order valence-corrected chi connectivity index (χ2v) is 7.48. The fraction of sp³-hybridized carbons (Fsp3) is 0.625. The quantitative estimate of drug-likeness (QED) is 0.872. The molecule has 3 heterocycles. The zero-order chi connectivity index (χ0) is 15.0. The van der Waals surface area contributed by atoms with Gasteiger partial charge in [-0.15, -0.1) is 11.3 Å². The smallest absolute Gasteiger partial charge is 0.140 e. The Labute approximate surface area is 130 Å². The summed E-state index contributed by atoms with van der Waals surface area (Å²) in [5.74, 6) is 1.12. The standard InChI is InChI=1S/C16H24N4S/c1-5-12-10-13-14(17-11-18-15(13)21-12)20-8-6-16(2,7-9-20)19(3)4/h10-11H,5-9H2,1-4H3. The molecule has 4 nitrogen and oxygen atoms in total. The van der Waals surface area contributed by atoms with Crippen molar-refractivity contribution in [3.63, 3.8) is 0 Å². The summed E-state index contributed by atoms with van der Waals surface area (Å²) < 4.78 is 0. The number of aryl methyl sites for hydroxylation is 1. The molecule has 0 saturated carbocycles. The molecule has 0 radical (unpaired) electrons. The van der Waals surface area contributed by atoms with Crippen molar-refractivity contribution < 1.29 is 0 Å². The van der Waals surface area contributed by atoms with Crippen LogP contribution in [-0.4, -0.2) is 47.6 Å². The predicted molar refractivity (Wildman–Crippen MR) is 90.3 cm³/mol. The first-order valence-corrected chi connectivity index (χ1v) is 8.51. The molecule has 114 valence electrons. The number of aromatic nitrogens is 2. The fourth-order valence-electron chi connectivity index (χ4n) is 2.97. The lowest BCUT2D eigenvalue weighted by molar-refractivity contribution is 0.137. The molecule has 1 saturated heterocycles. The van der Waals surface area contributed by atoms with E-state index in [1.165, 1.54) is 23.1 Å². The van der Waals surface area contributed by atoms with Crippen molar-refractivity contribution >= 4 is 27.4 Å². The molecule has 0 aliphatic carbocycles. The van der Waals surface area contributed by atoms with Gasteiger partial charge in [0.15, 0.2) is 0 Å². The largest absolute Gasteiger partial charge is 0.356 e. The molecule has 21 heavy (non-hydrogen) atoms. The topological polar surface area (TPSA) is 32.3 Å². The summed E-state index contributed by atoms with van der Waals surface area (Å²) in [7, 11) is 4.37. The van der Waals surface area contributed by atoms with E-state index in [4.69, 9.17) is 0 Å². The highest BCUT2D eigenvalue weighted by Crippen LogP contribution is 2.34. The third-order valence-corrected chi connectivity index (χ3v) is 6.12. The van der Waals surface area contributed by atoms with Crippen molar-refractivity contribution in [2.24, 2.45) is 0 Å². The molecule has 5 heteroatoms. The van der Waals surface area contributed by atoms with Crippen molar-refractivity contribution in [2.75, 3.05) is 32.1 Å². The van der Waals surface area contributed by atoms with E-state index in [-0.39, 0.29) is 0 Å². The van der Waals surface area contributed by atoms with Crippen LogP contribution in [0.1, 0.15) is 31.6 Å². The average Bonchev–Trinajstić information content (AvgIpc) is 2.91. The van der Waals surface area contributed by atoms with Crippen molar-refractivity contribution in [2.45, 2.75) is 38.6 Å². The second kappa shape index (κ2) is 5.54. The summed E-state index contributed by atoms with van der Waals surface area (Å²) in [6.45, 7) is 6.69. The van der Waals surface area contributed by atoms with E-state index in [1.54, 1.807) is 17.7 Å². The highest BCUT2D eigenvalue weighted by Gasteiger charge is 2.32. The van der Waals surface area contributed by atoms with Crippen molar-refractivity contribution in [1.82, 2.24) is 14.9 Å². The number of nitrogens with zero attached hydrogens (tertiary/aromatic N) is 4. The zero-order valence-corrected chi connectivity index (χ0v) is 14.2. The number of fused-ring (bicyclic) bond motifs is 1. The number of hydrogen-bond donors (Lipinski definition) is 0. The minimum absolute atomic E-state index is 0.311. The number of hydrogen-bond acceptors (Lipinski definition) is 5. The molecule has 0 atom stereocenters. The maximum atomic E-state index is 4.58. The molecular weight excluding hydrogens is 280 g/mol. The van der Waals surface area contributed by atoms with Crippen LogP contribution < -0.4 is 4.90 Å². The van der Waals surface area contributed by atoms with Crippen LogP contribution in [0.5, 0.6) is 0 Å². The van der Waals surface area contributed by atoms with Crippen LogP contribution in [-0.2, 0) is 6.42 Å². The number of thiophene rings is 1. The van der Waals surface area contributed by atoms with Gasteiger partial charge in [0.2, 0.25) is 0 Å². The van der Waals surface area contributed by atoms with E-state index in [0.717, 1.165) is 30.2 Å². The molecule has 1 fully saturated rings. The van der Waals surface area contributed by atoms with Crippen molar-refractivity contribution in [3.8, 4) is 0 Å². The Morgan fingerprint density at radius 1 is 1.29 bits per heavy atom. The minimum atomic E-state index is 0.311. The first-order valence-electron chi connectivity index (χ1n) is 7.69. The van der Waals surface area contributed by atoms with E-state index in [2.05, 4.69) is 53.8 Å². The highest BCUT2D eigenvalue weighted by atomic mass is 32.1. The Bertz CT molecular complexity index is 626. The maximum Gasteiger partial charge on any atom is 0.140 e. The van der Waals surface area contributed by atoms with Gasteiger partial charge in [-0.3, -0.25) is 0 Å². The van der Waals surface area contributed by atoms with Crippen LogP contribution in [0.25, 0.3) is 10.2 Å². The lowest BCUT2D eigenvalue weighted by Gasteiger charge is -2.44. The normalized spacial score (nSPS) is 18.6. The number of piperidine rings is 1. The Morgan fingerprint density at radius 2 is 2.00 bits per heavy atom.